The van der Waals surface area contributed by atoms with Gasteiger partial charge in [0.25, 0.3) is 0 Å². The first-order valence-corrected chi connectivity index (χ1v) is 24.4. The monoisotopic (exact) mass is 874 g/mol. The molecule has 1 aliphatic carbocycles. The fourth-order valence-electron chi connectivity index (χ4n) is 11.1. The highest BCUT2D eigenvalue weighted by Gasteiger charge is 2.28. The Kier molecular flexibility index (Phi) is 10.4. The van der Waals surface area contributed by atoms with Gasteiger partial charge in [0.15, 0.2) is 0 Å². The molecule has 68 heavy (non-hydrogen) atoms. The molecule has 2 heteroatoms. The van der Waals surface area contributed by atoms with E-state index in [0.717, 1.165) is 24.2 Å². The topological polar surface area (TPSA) is 6.48 Å². The summed E-state index contributed by atoms with van der Waals surface area (Å²) in [4.78, 5) is 5.13. The molecule has 0 bridgehead atoms. The first kappa shape index (κ1) is 41.5. The molecular weight excluding hydrogens is 821 g/mol. The van der Waals surface area contributed by atoms with Crippen LogP contribution in [-0.4, -0.2) is 0 Å². The van der Waals surface area contributed by atoms with Gasteiger partial charge in [0.2, 0.25) is 0 Å². The van der Waals surface area contributed by atoms with Crippen molar-refractivity contribution in [2.24, 2.45) is 0 Å². The molecule has 0 atom stereocenters. The molecule has 0 unspecified atom stereocenters. The molecule has 0 N–H and O–H groups in total. The molecule has 11 aromatic rings. The van der Waals surface area contributed by atoms with E-state index in [-0.39, 0.29) is 0 Å². The molecule has 0 amide bonds. The maximum Gasteiger partial charge on any atom is 0.0619 e. The van der Waals surface area contributed by atoms with E-state index >= 15 is 0 Å². The van der Waals surface area contributed by atoms with Crippen LogP contribution in [0.4, 0.5) is 28.4 Å². The van der Waals surface area contributed by atoms with E-state index in [4.69, 9.17) is 0 Å². The van der Waals surface area contributed by atoms with Gasteiger partial charge in [-0.15, -0.1) is 0 Å². The highest BCUT2D eigenvalue weighted by molar-refractivity contribution is 6.31. The van der Waals surface area contributed by atoms with Crippen molar-refractivity contribution in [1.82, 2.24) is 0 Å². The van der Waals surface area contributed by atoms with Crippen molar-refractivity contribution in [2.45, 2.75) is 52.4 Å². The van der Waals surface area contributed by atoms with Gasteiger partial charge >= 0.3 is 0 Å². The van der Waals surface area contributed by atoms with Crippen LogP contribution in [-0.2, 0) is 0 Å². The lowest BCUT2D eigenvalue weighted by Crippen LogP contribution is -2.35. The SMILES string of the molecule is CC(C)c1ccc(N(C2=c3ccccc3=CCC2)c2c3ccccc3c(-c3c4ccccc4c(N(c4ccc(C(C)C)cc4)c4cccc5ccccc45)c4ccccc34)c3ccccc23)cc1. The molecule has 0 saturated carbocycles. The Hall–Kier alpha value is -7.94. The molecule has 2 nitrogen and oxygen atoms in total. The van der Waals surface area contributed by atoms with Gasteiger partial charge in [0.05, 0.1) is 17.1 Å². The van der Waals surface area contributed by atoms with E-state index in [9.17, 15) is 0 Å². The summed E-state index contributed by atoms with van der Waals surface area (Å²) in [5.41, 5.74) is 12.4. The van der Waals surface area contributed by atoms with Crippen LogP contribution in [0.2, 0.25) is 0 Å². The van der Waals surface area contributed by atoms with Gasteiger partial charge in [0, 0.05) is 49.2 Å². The molecular formula is C66H54N2. The number of benzene rings is 11. The molecule has 0 aliphatic heterocycles. The number of fused-ring (bicyclic) bond motifs is 6. The van der Waals surface area contributed by atoms with Crippen LogP contribution in [0, 0.1) is 0 Å². The minimum atomic E-state index is 0.431. The third-order valence-corrected chi connectivity index (χ3v) is 14.4. The Labute approximate surface area is 399 Å². The fraction of sp³-hybridized carbons (Fsp3) is 0.121. The Bertz CT molecular complexity index is 3740. The Balaban J connectivity index is 1.20. The Morgan fingerprint density at radius 2 is 0.750 bits per heavy atom. The first-order chi connectivity index (χ1) is 33.4. The predicted molar refractivity (Wildman–Crippen MR) is 294 cm³/mol. The third kappa shape index (κ3) is 6.86. The van der Waals surface area contributed by atoms with Gasteiger partial charge in [-0.05, 0) is 109 Å². The Morgan fingerprint density at radius 1 is 0.353 bits per heavy atom. The molecule has 0 heterocycles. The highest BCUT2D eigenvalue weighted by atomic mass is 15.2. The summed E-state index contributed by atoms with van der Waals surface area (Å²) in [5, 5.41) is 14.8. The summed E-state index contributed by atoms with van der Waals surface area (Å²) < 4.78 is 0. The quantitative estimate of drug-likeness (QED) is 0.133. The second kappa shape index (κ2) is 17.0. The zero-order valence-electron chi connectivity index (χ0n) is 39.2. The minimum Gasteiger partial charge on any atom is -0.312 e. The maximum absolute atomic E-state index is 2.61. The lowest BCUT2D eigenvalue weighted by Gasteiger charge is -2.33. The van der Waals surface area contributed by atoms with Gasteiger partial charge in [-0.1, -0.05) is 216 Å². The standard InChI is InChI=1S/C66H54N2/c1-43(2)45-35-39-49(40-36-45)67(61-33-17-21-47-19-5-7-23-51(47)61)65-57-29-13-9-25-53(57)63(54-26-10-14-30-58(54)65)64-55-27-11-15-31-59(55)66(60-32-16-12-28-56(60)64)68(50-41-37-46(38-42-50)44(3)4)62-34-18-22-48-20-6-8-24-52(48)62/h5-17,19-33,35-44H,18,34H2,1-4H3. The summed E-state index contributed by atoms with van der Waals surface area (Å²) >= 11 is 0. The van der Waals surface area contributed by atoms with Crippen LogP contribution in [0.5, 0.6) is 0 Å². The van der Waals surface area contributed by atoms with Crippen molar-refractivity contribution in [1.29, 1.82) is 0 Å². The highest BCUT2D eigenvalue weighted by Crippen LogP contribution is 2.54. The van der Waals surface area contributed by atoms with E-state index in [1.54, 1.807) is 0 Å². The number of rotatable bonds is 9. The molecule has 11 aromatic carbocycles. The van der Waals surface area contributed by atoms with E-state index in [0.29, 0.717) is 11.8 Å². The molecule has 1 aliphatic rings. The van der Waals surface area contributed by atoms with Crippen molar-refractivity contribution < 1.29 is 0 Å². The maximum atomic E-state index is 2.61. The second-order valence-electron chi connectivity index (χ2n) is 19.1. The Morgan fingerprint density at radius 3 is 1.25 bits per heavy atom. The smallest absolute Gasteiger partial charge is 0.0619 e. The van der Waals surface area contributed by atoms with E-state index in [1.165, 1.54) is 109 Å². The summed E-state index contributed by atoms with van der Waals surface area (Å²) in [6.45, 7) is 9.09. The number of nitrogens with zero attached hydrogens (tertiary/aromatic N) is 2. The van der Waals surface area contributed by atoms with Crippen LogP contribution in [0.25, 0.3) is 76.8 Å². The van der Waals surface area contributed by atoms with Crippen LogP contribution in [0.3, 0.4) is 0 Å². The first-order valence-electron chi connectivity index (χ1n) is 24.4. The van der Waals surface area contributed by atoms with Crippen molar-refractivity contribution in [2.75, 3.05) is 9.80 Å². The molecule has 0 saturated heterocycles. The van der Waals surface area contributed by atoms with Crippen LogP contribution < -0.4 is 20.2 Å². The van der Waals surface area contributed by atoms with Gasteiger partial charge in [-0.3, -0.25) is 0 Å². The largest absolute Gasteiger partial charge is 0.312 e. The normalized spacial score (nSPS) is 12.6. The molecule has 0 aromatic heterocycles. The van der Waals surface area contributed by atoms with Gasteiger partial charge in [0.1, 0.15) is 0 Å². The van der Waals surface area contributed by atoms with Gasteiger partial charge < -0.3 is 9.80 Å². The fourth-order valence-corrected chi connectivity index (χ4v) is 11.1. The minimum absolute atomic E-state index is 0.431. The average Bonchev–Trinajstić information content (AvgIpc) is 3.39. The van der Waals surface area contributed by atoms with E-state index < -0.39 is 0 Å². The third-order valence-electron chi connectivity index (χ3n) is 14.4. The predicted octanol–water partition coefficient (Wildman–Crippen LogP) is 17.4. The van der Waals surface area contributed by atoms with Crippen molar-refractivity contribution in [3.63, 3.8) is 0 Å². The van der Waals surface area contributed by atoms with Crippen molar-refractivity contribution in [3.8, 4) is 11.1 Å². The summed E-state index contributed by atoms with van der Waals surface area (Å²) in [6.07, 6.45) is 4.33. The molecule has 0 spiro atoms. The molecule has 0 radical (unpaired) electrons. The van der Waals surface area contributed by atoms with Gasteiger partial charge in [-0.2, -0.15) is 0 Å². The van der Waals surface area contributed by atoms with Crippen LogP contribution in [0.1, 0.15) is 63.5 Å². The summed E-state index contributed by atoms with van der Waals surface area (Å²) in [6, 6.07) is 79.7. The average molecular weight is 875 g/mol. The number of anilines is 5. The number of hydrogen-bond donors (Lipinski definition) is 0. The second-order valence-corrected chi connectivity index (χ2v) is 19.1. The van der Waals surface area contributed by atoms with E-state index in [1.807, 2.05) is 0 Å². The van der Waals surface area contributed by atoms with Crippen LogP contribution in [0.15, 0.2) is 212 Å². The summed E-state index contributed by atoms with van der Waals surface area (Å²) in [5.74, 6) is 0.872. The zero-order valence-corrected chi connectivity index (χ0v) is 39.2. The van der Waals surface area contributed by atoms with E-state index in [2.05, 4.69) is 256 Å². The van der Waals surface area contributed by atoms with Crippen molar-refractivity contribution in [3.05, 3.63) is 234 Å². The van der Waals surface area contributed by atoms with Crippen molar-refractivity contribution >= 4 is 94.1 Å². The zero-order chi connectivity index (χ0) is 45.9. The lowest BCUT2D eigenvalue weighted by atomic mass is 9.84. The lowest BCUT2D eigenvalue weighted by molar-refractivity contribution is 0.866. The summed E-state index contributed by atoms with van der Waals surface area (Å²) in [7, 11) is 0. The number of hydrogen-bond acceptors (Lipinski definition) is 2. The molecule has 328 valence electrons. The van der Waals surface area contributed by atoms with Gasteiger partial charge in [-0.25, -0.2) is 0 Å². The van der Waals surface area contributed by atoms with Crippen LogP contribution >= 0.6 is 0 Å². The molecule has 12 rings (SSSR count). The molecule has 0 fully saturated rings.